The number of rotatable bonds is 4. The van der Waals surface area contributed by atoms with Crippen LogP contribution in [0.1, 0.15) is 30.9 Å². The SMILES string of the molecule is C#CCCCC(N)c1ccc(Cl)c(F)c1. The number of hydrogen-bond acceptors (Lipinski definition) is 1. The molecule has 2 N–H and O–H groups in total. The molecular formula is C12H13ClFN. The van der Waals surface area contributed by atoms with Gasteiger partial charge in [-0.05, 0) is 30.5 Å². The number of unbranched alkanes of at least 4 members (excludes halogenated alkanes) is 1. The van der Waals surface area contributed by atoms with E-state index in [0.717, 1.165) is 18.4 Å². The van der Waals surface area contributed by atoms with E-state index in [9.17, 15) is 4.39 Å². The highest BCUT2D eigenvalue weighted by Gasteiger charge is 2.08. The first-order valence-corrected chi connectivity index (χ1v) is 5.17. The maximum absolute atomic E-state index is 13.1. The minimum atomic E-state index is -0.429. The Morgan fingerprint density at radius 1 is 1.53 bits per heavy atom. The fourth-order valence-electron chi connectivity index (χ4n) is 1.33. The Balaban J connectivity index is 2.62. The molecule has 0 heterocycles. The largest absolute Gasteiger partial charge is 0.324 e. The third-order valence-corrected chi connectivity index (χ3v) is 2.51. The molecule has 1 nitrogen and oxygen atoms in total. The number of hydrogen-bond donors (Lipinski definition) is 1. The van der Waals surface area contributed by atoms with Gasteiger partial charge in [0.2, 0.25) is 0 Å². The van der Waals surface area contributed by atoms with Gasteiger partial charge in [0.05, 0.1) is 5.02 Å². The number of halogens is 2. The average Bonchev–Trinajstić information content (AvgIpc) is 2.22. The minimum Gasteiger partial charge on any atom is -0.324 e. The maximum atomic E-state index is 13.1. The lowest BCUT2D eigenvalue weighted by Gasteiger charge is -2.11. The van der Waals surface area contributed by atoms with Gasteiger partial charge in [-0.2, -0.15) is 0 Å². The first kappa shape index (κ1) is 12.0. The Hall–Kier alpha value is -1.04. The van der Waals surface area contributed by atoms with Gasteiger partial charge >= 0.3 is 0 Å². The van der Waals surface area contributed by atoms with Crippen LogP contribution in [0.3, 0.4) is 0 Å². The Morgan fingerprint density at radius 3 is 2.87 bits per heavy atom. The van der Waals surface area contributed by atoms with Crippen LogP contribution in [0.25, 0.3) is 0 Å². The van der Waals surface area contributed by atoms with Crippen LogP contribution < -0.4 is 5.73 Å². The highest BCUT2D eigenvalue weighted by molar-refractivity contribution is 6.30. The highest BCUT2D eigenvalue weighted by atomic mass is 35.5. The van der Waals surface area contributed by atoms with E-state index >= 15 is 0 Å². The van der Waals surface area contributed by atoms with Crippen molar-refractivity contribution in [3.8, 4) is 12.3 Å². The average molecular weight is 226 g/mol. The van der Waals surface area contributed by atoms with Crippen LogP contribution in [0.2, 0.25) is 5.02 Å². The summed E-state index contributed by atoms with van der Waals surface area (Å²) in [5, 5.41) is 0.120. The molecule has 0 saturated carbocycles. The van der Waals surface area contributed by atoms with Crippen LogP contribution in [0.5, 0.6) is 0 Å². The van der Waals surface area contributed by atoms with Gasteiger partial charge in [0.25, 0.3) is 0 Å². The van der Waals surface area contributed by atoms with Crippen molar-refractivity contribution in [2.24, 2.45) is 5.73 Å². The zero-order chi connectivity index (χ0) is 11.3. The van der Waals surface area contributed by atoms with Gasteiger partial charge in [0.15, 0.2) is 0 Å². The molecule has 0 amide bonds. The summed E-state index contributed by atoms with van der Waals surface area (Å²) in [6.07, 6.45) is 7.43. The fraction of sp³-hybridized carbons (Fsp3) is 0.333. The van der Waals surface area contributed by atoms with Crippen molar-refractivity contribution in [3.05, 3.63) is 34.6 Å². The summed E-state index contributed by atoms with van der Waals surface area (Å²) >= 11 is 5.57. The second-order valence-corrected chi connectivity index (χ2v) is 3.78. The number of nitrogens with two attached hydrogens (primary N) is 1. The first-order valence-electron chi connectivity index (χ1n) is 4.79. The minimum absolute atomic E-state index is 0.120. The van der Waals surface area contributed by atoms with E-state index < -0.39 is 5.82 Å². The van der Waals surface area contributed by atoms with Crippen LogP contribution in [0.15, 0.2) is 18.2 Å². The Labute approximate surface area is 94.4 Å². The normalized spacial score (nSPS) is 12.1. The predicted molar refractivity (Wildman–Crippen MR) is 61.0 cm³/mol. The molecule has 80 valence electrons. The lowest BCUT2D eigenvalue weighted by molar-refractivity contribution is 0.598. The summed E-state index contributed by atoms with van der Waals surface area (Å²) < 4.78 is 13.1. The summed E-state index contributed by atoms with van der Waals surface area (Å²) in [7, 11) is 0. The van der Waals surface area contributed by atoms with Crippen molar-refractivity contribution in [3.63, 3.8) is 0 Å². The summed E-state index contributed by atoms with van der Waals surface area (Å²) in [6, 6.07) is 4.47. The molecule has 1 rings (SSSR count). The van der Waals surface area contributed by atoms with Gasteiger partial charge < -0.3 is 5.73 Å². The van der Waals surface area contributed by atoms with E-state index in [1.807, 2.05) is 0 Å². The molecule has 0 radical (unpaired) electrons. The van der Waals surface area contributed by atoms with Crippen LogP contribution >= 0.6 is 11.6 Å². The smallest absolute Gasteiger partial charge is 0.142 e. The zero-order valence-corrected chi connectivity index (χ0v) is 9.10. The molecule has 0 fully saturated rings. The number of terminal acetylenes is 1. The monoisotopic (exact) mass is 225 g/mol. The molecule has 3 heteroatoms. The fourth-order valence-corrected chi connectivity index (χ4v) is 1.45. The van der Waals surface area contributed by atoms with E-state index in [4.69, 9.17) is 23.8 Å². The van der Waals surface area contributed by atoms with Crippen LogP contribution in [-0.2, 0) is 0 Å². The van der Waals surface area contributed by atoms with Crippen molar-refractivity contribution in [2.45, 2.75) is 25.3 Å². The van der Waals surface area contributed by atoms with Crippen molar-refractivity contribution in [2.75, 3.05) is 0 Å². The van der Waals surface area contributed by atoms with Crippen molar-refractivity contribution in [1.82, 2.24) is 0 Å². The third-order valence-electron chi connectivity index (χ3n) is 2.21. The predicted octanol–water partition coefficient (Wildman–Crippen LogP) is 3.28. The van der Waals surface area contributed by atoms with E-state index in [1.54, 1.807) is 6.07 Å². The lowest BCUT2D eigenvalue weighted by Crippen LogP contribution is -2.10. The van der Waals surface area contributed by atoms with Crippen LogP contribution in [0.4, 0.5) is 4.39 Å². The quantitative estimate of drug-likeness (QED) is 0.618. The molecule has 0 aliphatic carbocycles. The molecule has 1 atom stereocenters. The second kappa shape index (κ2) is 5.75. The van der Waals surface area contributed by atoms with E-state index in [1.165, 1.54) is 12.1 Å². The highest BCUT2D eigenvalue weighted by Crippen LogP contribution is 2.21. The molecule has 1 aromatic carbocycles. The first-order chi connectivity index (χ1) is 7.15. The topological polar surface area (TPSA) is 26.0 Å². The Morgan fingerprint density at radius 2 is 2.27 bits per heavy atom. The molecule has 0 aliphatic rings. The van der Waals surface area contributed by atoms with Crippen LogP contribution in [0, 0.1) is 18.2 Å². The van der Waals surface area contributed by atoms with Crippen LogP contribution in [-0.4, -0.2) is 0 Å². The van der Waals surface area contributed by atoms with Gasteiger partial charge in [-0.3, -0.25) is 0 Å². The molecule has 1 aromatic rings. The second-order valence-electron chi connectivity index (χ2n) is 3.38. The molecular weight excluding hydrogens is 213 g/mol. The van der Waals surface area contributed by atoms with Gasteiger partial charge in [-0.25, -0.2) is 4.39 Å². The summed E-state index contributed by atoms with van der Waals surface area (Å²) in [6.45, 7) is 0. The van der Waals surface area contributed by atoms with E-state index in [0.29, 0.717) is 6.42 Å². The van der Waals surface area contributed by atoms with Gasteiger partial charge in [-0.1, -0.05) is 17.7 Å². The summed E-state index contributed by atoms with van der Waals surface area (Å²) in [5.41, 5.74) is 6.63. The van der Waals surface area contributed by atoms with E-state index in [-0.39, 0.29) is 11.1 Å². The molecule has 0 spiro atoms. The van der Waals surface area contributed by atoms with Gasteiger partial charge in [0.1, 0.15) is 5.82 Å². The molecule has 0 aromatic heterocycles. The molecule has 0 aliphatic heterocycles. The lowest BCUT2D eigenvalue weighted by atomic mass is 10.0. The molecule has 0 bridgehead atoms. The standard InChI is InChI=1S/C12H13ClFN/c1-2-3-4-5-12(15)9-6-7-10(13)11(14)8-9/h1,6-8,12H,3-5,15H2. The zero-order valence-electron chi connectivity index (χ0n) is 8.34. The molecule has 15 heavy (non-hydrogen) atoms. The van der Waals surface area contributed by atoms with Gasteiger partial charge in [0, 0.05) is 12.5 Å². The Bertz CT molecular complexity index is 370. The summed E-state index contributed by atoms with van der Waals surface area (Å²) in [5.74, 6) is 2.12. The molecule has 1 unspecified atom stereocenters. The number of benzene rings is 1. The third kappa shape index (κ3) is 3.54. The van der Waals surface area contributed by atoms with Crippen molar-refractivity contribution in [1.29, 1.82) is 0 Å². The Kier molecular flexibility index (Phi) is 4.61. The summed E-state index contributed by atoms with van der Waals surface area (Å²) in [4.78, 5) is 0. The van der Waals surface area contributed by atoms with Crippen molar-refractivity contribution >= 4 is 11.6 Å². The van der Waals surface area contributed by atoms with Gasteiger partial charge in [-0.15, -0.1) is 12.3 Å². The molecule has 0 saturated heterocycles. The van der Waals surface area contributed by atoms with Crippen molar-refractivity contribution < 1.29 is 4.39 Å². The van der Waals surface area contributed by atoms with E-state index in [2.05, 4.69) is 5.92 Å². The maximum Gasteiger partial charge on any atom is 0.142 e.